The lowest BCUT2D eigenvalue weighted by Crippen LogP contribution is -2.37. The van der Waals surface area contributed by atoms with Gasteiger partial charge in [-0.05, 0) is 24.6 Å². The van der Waals surface area contributed by atoms with Gasteiger partial charge in [-0.15, -0.1) is 24.0 Å². The van der Waals surface area contributed by atoms with Crippen LogP contribution in [-0.2, 0) is 6.54 Å². The van der Waals surface area contributed by atoms with Crippen molar-refractivity contribution in [1.29, 1.82) is 0 Å². The molecule has 2 rings (SSSR count). The lowest BCUT2D eigenvalue weighted by Gasteiger charge is -2.13. The average Bonchev–Trinajstić information content (AvgIpc) is 2.83. The fraction of sp³-hybridized carbons (Fsp3) is 0.462. The number of nitrogens with zero attached hydrogens (tertiary/aromatic N) is 1. The Labute approximate surface area is 135 Å². The first kappa shape index (κ1) is 16.7. The molecule has 1 unspecified atom stereocenters. The third-order valence-electron chi connectivity index (χ3n) is 2.91. The quantitative estimate of drug-likeness (QED) is 0.676. The zero-order valence-electron chi connectivity index (χ0n) is 11.8. The molecule has 0 spiro atoms. The van der Waals surface area contributed by atoms with E-state index >= 15 is 0 Å². The van der Waals surface area contributed by atoms with E-state index in [2.05, 4.69) is 22.5 Å². The highest BCUT2D eigenvalue weighted by Crippen LogP contribution is 2.36. The minimum absolute atomic E-state index is 0. The Hall–Kier alpha value is -1.38. The Balaban J connectivity index is 0.00000200. The number of guanidine groups is 1. The number of hydrogen-bond acceptors (Lipinski definition) is 6. The maximum Gasteiger partial charge on any atom is 0.200 e. The molecular weight excluding hydrogens is 373 g/mol. The van der Waals surface area contributed by atoms with E-state index in [0.29, 0.717) is 24.1 Å². The van der Waals surface area contributed by atoms with Crippen molar-refractivity contribution in [2.45, 2.75) is 19.5 Å². The Kier molecular flexibility index (Phi) is 6.18. The molecule has 1 atom stereocenters. The van der Waals surface area contributed by atoms with Gasteiger partial charge in [-0.3, -0.25) is 4.99 Å². The van der Waals surface area contributed by atoms with Gasteiger partial charge in [0.25, 0.3) is 0 Å². The van der Waals surface area contributed by atoms with Crippen LogP contribution >= 0.6 is 24.0 Å². The van der Waals surface area contributed by atoms with Crippen molar-refractivity contribution in [2.24, 2.45) is 4.99 Å². The molecule has 112 valence electrons. The van der Waals surface area contributed by atoms with Gasteiger partial charge < -0.3 is 25.2 Å². The van der Waals surface area contributed by atoms with Crippen LogP contribution in [0.5, 0.6) is 17.2 Å². The van der Waals surface area contributed by atoms with Crippen LogP contribution in [0.25, 0.3) is 0 Å². The lowest BCUT2D eigenvalue weighted by atomic mass is 10.2. The van der Waals surface area contributed by atoms with Gasteiger partial charge in [-0.2, -0.15) is 0 Å². The Morgan fingerprint density at radius 3 is 2.40 bits per heavy atom. The summed E-state index contributed by atoms with van der Waals surface area (Å²) >= 11 is 0. The summed E-state index contributed by atoms with van der Waals surface area (Å²) in [6, 6.07) is 3.90. The summed E-state index contributed by atoms with van der Waals surface area (Å²) in [5, 5.41) is 16.2. The van der Waals surface area contributed by atoms with E-state index in [1.807, 2.05) is 0 Å². The van der Waals surface area contributed by atoms with Crippen LogP contribution in [0.15, 0.2) is 17.1 Å². The monoisotopic (exact) mass is 393 g/mol. The summed E-state index contributed by atoms with van der Waals surface area (Å²) in [5.41, 5.74) is 0.940. The number of nitrogens with one attached hydrogen (secondary N) is 2. The molecule has 6 nitrogen and oxygen atoms in total. The second-order valence-electron chi connectivity index (χ2n) is 4.44. The van der Waals surface area contributed by atoms with E-state index in [4.69, 9.17) is 9.47 Å². The molecule has 0 aliphatic carbocycles. The zero-order chi connectivity index (χ0) is 13.8. The van der Waals surface area contributed by atoms with E-state index in [0.717, 1.165) is 18.1 Å². The van der Waals surface area contributed by atoms with Crippen LogP contribution in [0.2, 0.25) is 0 Å². The van der Waals surface area contributed by atoms with Crippen molar-refractivity contribution in [3.05, 3.63) is 17.7 Å². The van der Waals surface area contributed by atoms with Crippen molar-refractivity contribution in [2.75, 3.05) is 20.8 Å². The summed E-state index contributed by atoms with van der Waals surface area (Å²) in [5.74, 6) is 1.59. The standard InChI is InChI=1S/C13H19N3O3.HI/c1-8-6-14-13(16-8)15-7-9-4-10(18-2)12(17)11(5-9)19-3;/h4-5,8,17H,6-7H2,1-3H3,(H2,14,15,16);1H. The van der Waals surface area contributed by atoms with E-state index < -0.39 is 0 Å². The highest BCUT2D eigenvalue weighted by atomic mass is 127. The Morgan fingerprint density at radius 1 is 1.35 bits per heavy atom. The van der Waals surface area contributed by atoms with Gasteiger partial charge in [-0.25, -0.2) is 0 Å². The molecule has 0 fully saturated rings. The molecule has 0 saturated heterocycles. The topological polar surface area (TPSA) is 75.1 Å². The maximum atomic E-state index is 9.82. The van der Waals surface area contributed by atoms with Gasteiger partial charge >= 0.3 is 0 Å². The largest absolute Gasteiger partial charge is 0.502 e. The number of ether oxygens (including phenoxy) is 2. The number of phenolic OH excluding ortho intramolecular Hbond substituents is 1. The van der Waals surface area contributed by atoms with E-state index in [-0.39, 0.29) is 29.7 Å². The molecule has 20 heavy (non-hydrogen) atoms. The van der Waals surface area contributed by atoms with Crippen molar-refractivity contribution >= 4 is 29.9 Å². The van der Waals surface area contributed by atoms with Crippen molar-refractivity contribution < 1.29 is 14.6 Å². The van der Waals surface area contributed by atoms with Crippen molar-refractivity contribution in [3.8, 4) is 17.2 Å². The molecule has 3 N–H and O–H groups in total. The number of phenols is 1. The molecule has 0 aromatic heterocycles. The highest BCUT2D eigenvalue weighted by Gasteiger charge is 2.14. The molecule has 1 aliphatic heterocycles. The number of halogens is 1. The van der Waals surface area contributed by atoms with Gasteiger partial charge in [0.2, 0.25) is 5.75 Å². The molecule has 0 radical (unpaired) electrons. The van der Waals surface area contributed by atoms with Gasteiger partial charge in [0.05, 0.1) is 20.8 Å². The van der Waals surface area contributed by atoms with E-state index in [1.54, 1.807) is 12.1 Å². The fourth-order valence-electron chi connectivity index (χ4n) is 1.90. The van der Waals surface area contributed by atoms with Crippen molar-refractivity contribution in [3.63, 3.8) is 0 Å². The SMILES string of the molecule is COc1cc(CNC2=NCC(C)N2)cc(OC)c1O.I. The first-order chi connectivity index (χ1) is 9.13. The molecule has 0 saturated carbocycles. The number of hydrogen-bond donors (Lipinski definition) is 3. The van der Waals surface area contributed by atoms with Gasteiger partial charge in [0.15, 0.2) is 17.5 Å². The first-order valence-corrected chi connectivity index (χ1v) is 6.12. The Morgan fingerprint density at radius 2 is 1.95 bits per heavy atom. The van der Waals surface area contributed by atoms with Crippen LogP contribution in [0.4, 0.5) is 0 Å². The molecule has 7 heteroatoms. The first-order valence-electron chi connectivity index (χ1n) is 6.12. The predicted molar refractivity (Wildman–Crippen MR) is 88.4 cm³/mol. The summed E-state index contributed by atoms with van der Waals surface area (Å²) < 4.78 is 10.2. The minimum Gasteiger partial charge on any atom is -0.502 e. The summed E-state index contributed by atoms with van der Waals surface area (Å²) in [7, 11) is 3.02. The van der Waals surface area contributed by atoms with E-state index in [1.165, 1.54) is 14.2 Å². The third kappa shape index (κ3) is 3.81. The summed E-state index contributed by atoms with van der Waals surface area (Å²) in [4.78, 5) is 4.32. The number of rotatable bonds is 4. The lowest BCUT2D eigenvalue weighted by molar-refractivity contribution is 0.339. The predicted octanol–water partition coefficient (Wildman–Crippen LogP) is 1.46. The number of methoxy groups -OCH3 is 2. The highest BCUT2D eigenvalue weighted by molar-refractivity contribution is 14.0. The minimum atomic E-state index is 0. The smallest absolute Gasteiger partial charge is 0.200 e. The van der Waals surface area contributed by atoms with Crippen LogP contribution in [0.1, 0.15) is 12.5 Å². The summed E-state index contributed by atoms with van der Waals surface area (Å²) in [6.45, 7) is 3.43. The van der Waals surface area contributed by atoms with Gasteiger partial charge in [-0.1, -0.05) is 0 Å². The molecule has 1 heterocycles. The molecule has 1 aromatic carbocycles. The fourth-order valence-corrected chi connectivity index (χ4v) is 1.90. The second kappa shape index (κ2) is 7.41. The normalized spacial score (nSPS) is 16.8. The zero-order valence-corrected chi connectivity index (χ0v) is 14.1. The second-order valence-corrected chi connectivity index (χ2v) is 4.44. The van der Waals surface area contributed by atoms with Crippen LogP contribution in [0.3, 0.4) is 0 Å². The molecule has 1 aliphatic rings. The van der Waals surface area contributed by atoms with Crippen LogP contribution in [-0.4, -0.2) is 37.9 Å². The maximum absolute atomic E-state index is 9.82. The van der Waals surface area contributed by atoms with Gasteiger partial charge in [0, 0.05) is 12.6 Å². The average molecular weight is 393 g/mol. The molecule has 0 bridgehead atoms. The van der Waals surface area contributed by atoms with Crippen molar-refractivity contribution in [1.82, 2.24) is 10.6 Å². The number of benzene rings is 1. The van der Waals surface area contributed by atoms with Crippen LogP contribution < -0.4 is 20.1 Å². The molecular formula is C13H20IN3O3. The molecule has 1 aromatic rings. The Bertz CT molecular complexity index is 469. The van der Waals surface area contributed by atoms with E-state index in [9.17, 15) is 5.11 Å². The molecule has 0 amide bonds. The van der Waals surface area contributed by atoms with Crippen LogP contribution in [0, 0.1) is 0 Å². The van der Waals surface area contributed by atoms with Gasteiger partial charge in [0.1, 0.15) is 0 Å². The number of aromatic hydroxyl groups is 1. The number of aliphatic imine (C=N–C) groups is 1. The summed E-state index contributed by atoms with van der Waals surface area (Å²) in [6.07, 6.45) is 0. The third-order valence-corrected chi connectivity index (χ3v) is 2.91.